The van der Waals surface area contributed by atoms with Crippen LogP contribution in [0.4, 0.5) is 0 Å². The molecule has 1 aliphatic heterocycles. The van der Waals surface area contributed by atoms with E-state index in [0.29, 0.717) is 24.3 Å². The van der Waals surface area contributed by atoms with Crippen molar-refractivity contribution in [2.45, 2.75) is 38.1 Å². The van der Waals surface area contributed by atoms with E-state index in [4.69, 9.17) is 0 Å². The molecule has 5 heteroatoms. The fourth-order valence-electron chi connectivity index (χ4n) is 4.43. The summed E-state index contributed by atoms with van der Waals surface area (Å²) in [6.07, 6.45) is 2.67. The number of nitrogens with zero attached hydrogens (tertiary/aromatic N) is 2. The number of benzene rings is 2. The molecule has 158 valence electrons. The van der Waals surface area contributed by atoms with Gasteiger partial charge in [0.15, 0.2) is 5.96 Å². The summed E-state index contributed by atoms with van der Waals surface area (Å²) in [5.41, 5.74) is 4.07. The van der Waals surface area contributed by atoms with Crippen LogP contribution >= 0.6 is 0 Å². The van der Waals surface area contributed by atoms with Crippen molar-refractivity contribution in [3.8, 4) is 0 Å². The monoisotopic (exact) mass is 404 g/mol. The number of likely N-dealkylation sites (tertiary alicyclic amines) is 1. The van der Waals surface area contributed by atoms with Crippen molar-refractivity contribution in [2.24, 2.45) is 10.9 Å². The molecule has 2 aromatic rings. The summed E-state index contributed by atoms with van der Waals surface area (Å²) in [4.78, 5) is 18.8. The van der Waals surface area contributed by atoms with E-state index in [1.165, 1.54) is 16.7 Å². The lowest BCUT2D eigenvalue weighted by Gasteiger charge is -2.18. The Morgan fingerprint density at radius 1 is 1.13 bits per heavy atom. The van der Waals surface area contributed by atoms with Crippen molar-refractivity contribution in [1.29, 1.82) is 0 Å². The molecule has 1 amide bonds. The first kappa shape index (κ1) is 20.5. The smallest absolute Gasteiger partial charge is 0.223 e. The van der Waals surface area contributed by atoms with Crippen LogP contribution in [0.1, 0.15) is 35.4 Å². The van der Waals surface area contributed by atoms with E-state index >= 15 is 0 Å². The molecule has 0 aromatic heterocycles. The molecular weight excluding hydrogens is 372 g/mol. The van der Waals surface area contributed by atoms with Gasteiger partial charge in [0.2, 0.25) is 5.91 Å². The molecule has 30 heavy (non-hydrogen) atoms. The topological polar surface area (TPSA) is 56.7 Å². The number of nitrogens with one attached hydrogen (secondary N) is 2. The van der Waals surface area contributed by atoms with Crippen molar-refractivity contribution >= 4 is 11.9 Å². The third-order valence-corrected chi connectivity index (χ3v) is 6.29. The summed E-state index contributed by atoms with van der Waals surface area (Å²) in [5.74, 6) is 2.00. The molecule has 0 bridgehead atoms. The van der Waals surface area contributed by atoms with Crippen LogP contribution < -0.4 is 10.6 Å². The average molecular weight is 405 g/mol. The third-order valence-electron chi connectivity index (χ3n) is 6.29. The molecule has 2 N–H and O–H groups in total. The SMILES string of the molecule is CN=C(NCC1CC(=O)N(CCc2ccccc2)C1)NC1CC1c1ccccc1C. The predicted octanol–water partition coefficient (Wildman–Crippen LogP) is 3.11. The van der Waals surface area contributed by atoms with E-state index in [0.717, 1.165) is 38.4 Å². The summed E-state index contributed by atoms with van der Waals surface area (Å²) in [6, 6.07) is 19.4. The van der Waals surface area contributed by atoms with Gasteiger partial charge < -0.3 is 15.5 Å². The van der Waals surface area contributed by atoms with Crippen LogP contribution in [0.5, 0.6) is 0 Å². The molecule has 4 rings (SSSR count). The highest BCUT2D eigenvalue weighted by Gasteiger charge is 2.39. The predicted molar refractivity (Wildman–Crippen MR) is 122 cm³/mol. The second kappa shape index (κ2) is 9.33. The van der Waals surface area contributed by atoms with Gasteiger partial charge in [-0.05, 0) is 36.5 Å². The maximum Gasteiger partial charge on any atom is 0.223 e. The number of amides is 1. The third kappa shape index (κ3) is 5.02. The number of aliphatic imine (C=N–C) groups is 1. The van der Waals surface area contributed by atoms with E-state index in [9.17, 15) is 4.79 Å². The van der Waals surface area contributed by atoms with Crippen LogP contribution in [0.15, 0.2) is 59.6 Å². The van der Waals surface area contributed by atoms with Gasteiger partial charge in [0.25, 0.3) is 0 Å². The van der Waals surface area contributed by atoms with Gasteiger partial charge in [0, 0.05) is 51.0 Å². The number of carbonyl (C=O) groups is 1. The van der Waals surface area contributed by atoms with E-state index in [1.54, 1.807) is 0 Å². The lowest BCUT2D eigenvalue weighted by Crippen LogP contribution is -2.41. The Kier molecular flexibility index (Phi) is 6.36. The van der Waals surface area contributed by atoms with Crippen LogP contribution in [0.3, 0.4) is 0 Å². The lowest BCUT2D eigenvalue weighted by molar-refractivity contribution is -0.127. The van der Waals surface area contributed by atoms with Crippen LogP contribution in [0.2, 0.25) is 0 Å². The van der Waals surface area contributed by atoms with Gasteiger partial charge in [-0.15, -0.1) is 0 Å². The molecule has 0 spiro atoms. The van der Waals surface area contributed by atoms with Crippen LogP contribution in [-0.4, -0.2) is 49.5 Å². The van der Waals surface area contributed by atoms with Crippen molar-refractivity contribution in [3.05, 3.63) is 71.3 Å². The van der Waals surface area contributed by atoms with E-state index < -0.39 is 0 Å². The largest absolute Gasteiger partial charge is 0.356 e. The lowest BCUT2D eigenvalue weighted by atomic mass is 10.0. The highest BCUT2D eigenvalue weighted by Crippen LogP contribution is 2.42. The number of hydrogen-bond acceptors (Lipinski definition) is 2. The Bertz CT molecular complexity index is 895. The van der Waals surface area contributed by atoms with E-state index in [2.05, 4.69) is 71.1 Å². The maximum atomic E-state index is 12.4. The van der Waals surface area contributed by atoms with Gasteiger partial charge in [0.05, 0.1) is 0 Å². The number of rotatable bonds is 7. The molecular formula is C25H32N4O. The first-order chi connectivity index (χ1) is 14.6. The minimum Gasteiger partial charge on any atom is -0.356 e. The van der Waals surface area contributed by atoms with Gasteiger partial charge in [0.1, 0.15) is 0 Å². The van der Waals surface area contributed by atoms with E-state index in [-0.39, 0.29) is 5.91 Å². The molecule has 0 radical (unpaired) electrons. The number of hydrogen-bond donors (Lipinski definition) is 2. The van der Waals surface area contributed by atoms with Gasteiger partial charge in [-0.2, -0.15) is 0 Å². The highest BCUT2D eigenvalue weighted by atomic mass is 16.2. The molecule has 1 saturated carbocycles. The second-order valence-corrected chi connectivity index (χ2v) is 8.55. The Hall–Kier alpha value is -2.82. The zero-order valence-corrected chi connectivity index (χ0v) is 18.0. The highest BCUT2D eigenvalue weighted by molar-refractivity contribution is 5.81. The maximum absolute atomic E-state index is 12.4. The zero-order chi connectivity index (χ0) is 20.9. The summed E-state index contributed by atoms with van der Waals surface area (Å²) in [7, 11) is 1.81. The minimum atomic E-state index is 0.266. The molecule has 1 heterocycles. The molecule has 3 atom stereocenters. The molecule has 3 unspecified atom stereocenters. The molecule has 1 saturated heterocycles. The van der Waals surface area contributed by atoms with Crippen molar-refractivity contribution in [1.82, 2.24) is 15.5 Å². The zero-order valence-electron chi connectivity index (χ0n) is 18.0. The fourth-order valence-corrected chi connectivity index (χ4v) is 4.43. The first-order valence-electron chi connectivity index (χ1n) is 11.0. The van der Waals surface area contributed by atoms with Crippen LogP contribution in [0, 0.1) is 12.8 Å². The average Bonchev–Trinajstić information content (AvgIpc) is 3.43. The Morgan fingerprint density at radius 2 is 1.90 bits per heavy atom. The van der Waals surface area contributed by atoms with Gasteiger partial charge in [-0.3, -0.25) is 9.79 Å². The molecule has 2 aromatic carbocycles. The van der Waals surface area contributed by atoms with Crippen LogP contribution in [0.25, 0.3) is 0 Å². The van der Waals surface area contributed by atoms with Crippen LogP contribution in [-0.2, 0) is 11.2 Å². The molecule has 2 fully saturated rings. The van der Waals surface area contributed by atoms with Crippen molar-refractivity contribution in [3.63, 3.8) is 0 Å². The quantitative estimate of drug-likeness (QED) is 0.551. The summed E-state index contributed by atoms with van der Waals surface area (Å²) in [5, 5.41) is 6.99. The Balaban J connectivity index is 1.21. The summed E-state index contributed by atoms with van der Waals surface area (Å²) in [6.45, 7) is 4.57. The fraction of sp³-hybridized carbons (Fsp3) is 0.440. The normalized spacial score (nSPS) is 23.5. The van der Waals surface area contributed by atoms with Gasteiger partial charge >= 0.3 is 0 Å². The van der Waals surface area contributed by atoms with Crippen molar-refractivity contribution < 1.29 is 4.79 Å². The van der Waals surface area contributed by atoms with Gasteiger partial charge in [-0.1, -0.05) is 54.6 Å². The molecule has 5 nitrogen and oxygen atoms in total. The Morgan fingerprint density at radius 3 is 2.67 bits per heavy atom. The standard InChI is InChI=1S/C25H32N4O/c1-18-8-6-7-11-21(18)22-15-23(22)28-25(26-2)27-16-20-14-24(30)29(17-20)13-12-19-9-4-3-5-10-19/h3-11,20,22-23H,12-17H2,1-2H3,(H2,26,27,28). The minimum absolute atomic E-state index is 0.266. The second-order valence-electron chi connectivity index (χ2n) is 8.55. The number of carbonyl (C=O) groups excluding carboxylic acids is 1. The van der Waals surface area contributed by atoms with E-state index in [1.807, 2.05) is 18.0 Å². The summed E-state index contributed by atoms with van der Waals surface area (Å²) >= 11 is 0. The van der Waals surface area contributed by atoms with Crippen molar-refractivity contribution in [2.75, 3.05) is 26.7 Å². The molecule has 1 aliphatic carbocycles. The first-order valence-corrected chi connectivity index (χ1v) is 11.0. The Labute approximate surface area is 179 Å². The number of aryl methyl sites for hydroxylation is 1. The van der Waals surface area contributed by atoms with Gasteiger partial charge in [-0.25, -0.2) is 0 Å². The number of guanidine groups is 1. The summed E-state index contributed by atoms with van der Waals surface area (Å²) < 4.78 is 0. The molecule has 2 aliphatic rings.